The van der Waals surface area contributed by atoms with Gasteiger partial charge in [-0.2, -0.15) is 0 Å². The number of carbonyl (C=O) groups excluding carboxylic acids is 1. The zero-order valence-electron chi connectivity index (χ0n) is 13.7. The molecule has 126 valence electrons. The molecule has 23 heavy (non-hydrogen) atoms. The van der Waals surface area contributed by atoms with Gasteiger partial charge in [-0.05, 0) is 17.7 Å². The predicted octanol–water partition coefficient (Wildman–Crippen LogP) is 0.840. The van der Waals surface area contributed by atoms with E-state index in [2.05, 4.69) is 24.5 Å². The molecule has 0 aliphatic carbocycles. The lowest BCUT2D eigenvalue weighted by atomic mass is 9.84. The molecular weight excluding hydrogens is 296 g/mol. The Morgan fingerprint density at radius 3 is 2.78 bits per heavy atom. The Labute approximate surface area is 136 Å². The number of ether oxygens (including phenoxy) is 3. The zero-order valence-corrected chi connectivity index (χ0v) is 13.7. The van der Waals surface area contributed by atoms with E-state index in [4.69, 9.17) is 14.2 Å². The van der Waals surface area contributed by atoms with E-state index in [9.17, 15) is 4.79 Å². The van der Waals surface area contributed by atoms with Crippen LogP contribution in [0.1, 0.15) is 19.4 Å². The summed E-state index contributed by atoms with van der Waals surface area (Å²) < 4.78 is 16.5. The van der Waals surface area contributed by atoms with Gasteiger partial charge >= 0.3 is 0 Å². The number of amides is 1. The average Bonchev–Trinajstić information content (AvgIpc) is 2.60. The number of rotatable bonds is 4. The highest BCUT2D eigenvalue weighted by Gasteiger charge is 2.27. The summed E-state index contributed by atoms with van der Waals surface area (Å²) in [5.41, 5.74) is 0.899. The number of morpholine rings is 1. The number of benzene rings is 1. The molecule has 0 bridgehead atoms. The molecule has 1 atom stereocenters. The second-order valence-electron chi connectivity index (χ2n) is 6.54. The molecule has 0 saturated carbocycles. The first-order valence-electron chi connectivity index (χ1n) is 8.05. The van der Waals surface area contributed by atoms with Crippen molar-refractivity contribution in [3.8, 4) is 11.5 Å². The van der Waals surface area contributed by atoms with Crippen LogP contribution < -0.4 is 20.1 Å². The van der Waals surface area contributed by atoms with Crippen molar-refractivity contribution in [1.82, 2.24) is 10.6 Å². The third kappa shape index (κ3) is 3.76. The first-order valence-corrected chi connectivity index (χ1v) is 8.05. The standard InChI is InChI=1S/C17H24N2O4/c1-17(2,11-19-16(20)13-10-21-6-5-18-13)12-3-4-14-15(9-12)23-8-7-22-14/h3-4,9,13,18H,5-8,10-11H2,1-2H3,(H,19,20). The zero-order chi connectivity index (χ0) is 16.3. The van der Waals surface area contributed by atoms with E-state index in [0.29, 0.717) is 39.5 Å². The van der Waals surface area contributed by atoms with Crippen LogP contribution in [-0.4, -0.2) is 51.5 Å². The maximum Gasteiger partial charge on any atom is 0.239 e. The van der Waals surface area contributed by atoms with Gasteiger partial charge in [-0.3, -0.25) is 4.79 Å². The van der Waals surface area contributed by atoms with Crippen LogP contribution in [0.5, 0.6) is 11.5 Å². The number of hydrogen-bond acceptors (Lipinski definition) is 5. The second kappa shape index (κ2) is 6.76. The van der Waals surface area contributed by atoms with Gasteiger partial charge in [0.05, 0.1) is 13.2 Å². The van der Waals surface area contributed by atoms with Crippen LogP contribution >= 0.6 is 0 Å². The Bertz CT molecular complexity index is 568. The molecule has 2 aliphatic heterocycles. The summed E-state index contributed by atoms with van der Waals surface area (Å²) in [5, 5.41) is 6.18. The minimum Gasteiger partial charge on any atom is -0.486 e. The molecular formula is C17H24N2O4. The molecule has 1 amide bonds. The fraction of sp³-hybridized carbons (Fsp3) is 0.588. The fourth-order valence-electron chi connectivity index (χ4n) is 2.73. The average molecular weight is 320 g/mol. The Hall–Kier alpha value is -1.79. The lowest BCUT2D eigenvalue weighted by Crippen LogP contribution is -2.52. The van der Waals surface area contributed by atoms with E-state index in [1.165, 1.54) is 0 Å². The number of carbonyl (C=O) groups is 1. The first-order chi connectivity index (χ1) is 11.1. The van der Waals surface area contributed by atoms with Crippen LogP contribution in [0, 0.1) is 0 Å². The van der Waals surface area contributed by atoms with Gasteiger partial charge < -0.3 is 24.8 Å². The monoisotopic (exact) mass is 320 g/mol. The molecule has 0 radical (unpaired) electrons. The third-order valence-electron chi connectivity index (χ3n) is 4.27. The Morgan fingerprint density at radius 1 is 1.26 bits per heavy atom. The summed E-state index contributed by atoms with van der Waals surface area (Å²) >= 11 is 0. The van der Waals surface area contributed by atoms with Crippen LogP contribution in [0.4, 0.5) is 0 Å². The maximum absolute atomic E-state index is 12.2. The van der Waals surface area contributed by atoms with Gasteiger partial charge in [0.1, 0.15) is 19.3 Å². The Morgan fingerprint density at radius 2 is 2.04 bits per heavy atom. The van der Waals surface area contributed by atoms with Crippen molar-refractivity contribution < 1.29 is 19.0 Å². The van der Waals surface area contributed by atoms with Crippen molar-refractivity contribution in [2.75, 3.05) is 39.5 Å². The highest BCUT2D eigenvalue weighted by Crippen LogP contribution is 2.34. The SMILES string of the molecule is CC(C)(CNC(=O)C1COCCN1)c1ccc2c(c1)OCCO2. The Kier molecular flexibility index (Phi) is 4.73. The topological polar surface area (TPSA) is 68.8 Å². The maximum atomic E-state index is 12.2. The van der Waals surface area contributed by atoms with Gasteiger partial charge in [-0.1, -0.05) is 19.9 Å². The van der Waals surface area contributed by atoms with Crippen LogP contribution in [0.3, 0.4) is 0 Å². The van der Waals surface area contributed by atoms with Gasteiger partial charge in [0.15, 0.2) is 11.5 Å². The van der Waals surface area contributed by atoms with Crippen LogP contribution in [0.15, 0.2) is 18.2 Å². The third-order valence-corrected chi connectivity index (χ3v) is 4.27. The highest BCUT2D eigenvalue weighted by atomic mass is 16.6. The minimum atomic E-state index is -0.264. The molecule has 6 heteroatoms. The van der Waals surface area contributed by atoms with E-state index in [0.717, 1.165) is 17.1 Å². The number of hydrogen-bond donors (Lipinski definition) is 2. The van der Waals surface area contributed by atoms with E-state index in [1.54, 1.807) is 0 Å². The van der Waals surface area contributed by atoms with Crippen molar-refractivity contribution in [2.24, 2.45) is 0 Å². The molecule has 1 saturated heterocycles. The van der Waals surface area contributed by atoms with Crippen LogP contribution in [-0.2, 0) is 14.9 Å². The molecule has 3 rings (SSSR count). The lowest BCUT2D eigenvalue weighted by molar-refractivity contribution is -0.126. The van der Waals surface area contributed by atoms with Crippen molar-refractivity contribution in [3.05, 3.63) is 23.8 Å². The van der Waals surface area contributed by atoms with Crippen LogP contribution in [0.25, 0.3) is 0 Å². The van der Waals surface area contributed by atoms with Crippen LogP contribution in [0.2, 0.25) is 0 Å². The summed E-state index contributed by atoms with van der Waals surface area (Å²) in [6.45, 7) is 7.70. The molecule has 1 aromatic rings. The minimum absolute atomic E-state index is 0.0182. The molecule has 1 fully saturated rings. The largest absolute Gasteiger partial charge is 0.486 e. The van der Waals surface area contributed by atoms with Gasteiger partial charge in [-0.25, -0.2) is 0 Å². The van der Waals surface area contributed by atoms with E-state index >= 15 is 0 Å². The molecule has 2 aliphatic rings. The normalized spacial score (nSPS) is 20.9. The smallest absolute Gasteiger partial charge is 0.239 e. The van der Waals surface area contributed by atoms with Gasteiger partial charge in [0.25, 0.3) is 0 Å². The van der Waals surface area contributed by atoms with Gasteiger partial charge in [-0.15, -0.1) is 0 Å². The van der Waals surface area contributed by atoms with Gasteiger partial charge in [0.2, 0.25) is 5.91 Å². The first kappa shape index (κ1) is 16.1. The molecule has 1 aromatic carbocycles. The van der Waals surface area contributed by atoms with E-state index < -0.39 is 0 Å². The highest BCUT2D eigenvalue weighted by molar-refractivity contribution is 5.82. The number of fused-ring (bicyclic) bond motifs is 1. The molecule has 2 N–H and O–H groups in total. The quantitative estimate of drug-likeness (QED) is 0.860. The summed E-state index contributed by atoms with van der Waals surface area (Å²) in [5.74, 6) is 1.54. The molecule has 0 aromatic heterocycles. The summed E-state index contributed by atoms with van der Waals surface area (Å²) in [7, 11) is 0. The lowest BCUT2D eigenvalue weighted by Gasteiger charge is -2.29. The molecule has 0 spiro atoms. The molecule has 6 nitrogen and oxygen atoms in total. The van der Waals surface area contributed by atoms with Crippen molar-refractivity contribution in [1.29, 1.82) is 0 Å². The molecule has 2 heterocycles. The van der Waals surface area contributed by atoms with Gasteiger partial charge in [0, 0.05) is 18.5 Å². The molecule has 1 unspecified atom stereocenters. The summed E-state index contributed by atoms with van der Waals surface area (Å²) in [6.07, 6.45) is 0. The van der Waals surface area contributed by atoms with E-state index in [-0.39, 0.29) is 17.4 Å². The van der Waals surface area contributed by atoms with Crippen molar-refractivity contribution in [2.45, 2.75) is 25.3 Å². The van der Waals surface area contributed by atoms with Crippen molar-refractivity contribution >= 4 is 5.91 Å². The summed E-state index contributed by atoms with van der Waals surface area (Å²) in [6, 6.07) is 5.70. The number of nitrogens with one attached hydrogen (secondary N) is 2. The van der Waals surface area contributed by atoms with E-state index in [1.807, 2.05) is 18.2 Å². The Balaban J connectivity index is 1.63. The second-order valence-corrected chi connectivity index (χ2v) is 6.54. The summed E-state index contributed by atoms with van der Waals surface area (Å²) in [4.78, 5) is 12.2. The van der Waals surface area contributed by atoms with Crippen molar-refractivity contribution in [3.63, 3.8) is 0 Å². The predicted molar refractivity (Wildman–Crippen MR) is 86.1 cm³/mol. The fourth-order valence-corrected chi connectivity index (χ4v) is 2.73.